The van der Waals surface area contributed by atoms with Gasteiger partial charge in [-0.05, 0) is 53.9 Å². The Morgan fingerprint density at radius 3 is 2.42 bits per heavy atom. The van der Waals surface area contributed by atoms with Crippen LogP contribution in [0.4, 0.5) is 0 Å². The molecule has 108 valence electrons. The Hall–Kier alpha value is -0.430. The summed E-state index contributed by atoms with van der Waals surface area (Å²) in [6.45, 7) is 5.53. The van der Waals surface area contributed by atoms with Gasteiger partial charge in [0.15, 0.2) is 0 Å². The van der Waals surface area contributed by atoms with Crippen molar-refractivity contribution in [1.29, 1.82) is 0 Å². The van der Waals surface area contributed by atoms with Gasteiger partial charge in [-0.2, -0.15) is 4.31 Å². The van der Waals surface area contributed by atoms with Gasteiger partial charge >= 0.3 is 0 Å². The highest BCUT2D eigenvalue weighted by Gasteiger charge is 2.33. The molecule has 0 bridgehead atoms. The molecule has 0 fully saturated rings. The molecule has 0 saturated heterocycles. The molecule has 0 aromatic heterocycles. The van der Waals surface area contributed by atoms with E-state index < -0.39 is 15.6 Å². The smallest absolute Gasteiger partial charge is 0.244 e. The molecule has 0 unspecified atom stereocenters. The number of rotatable bonds is 5. The molecule has 0 aliphatic carbocycles. The van der Waals surface area contributed by atoms with Crippen molar-refractivity contribution in [3.8, 4) is 0 Å². The molecule has 1 aromatic carbocycles. The minimum atomic E-state index is -3.60. The van der Waals surface area contributed by atoms with Gasteiger partial charge in [-0.3, -0.25) is 0 Å². The van der Waals surface area contributed by atoms with Crippen molar-refractivity contribution in [2.24, 2.45) is 0 Å². The monoisotopic (exact) mass is 349 g/mol. The van der Waals surface area contributed by atoms with Crippen molar-refractivity contribution in [1.82, 2.24) is 4.31 Å². The van der Waals surface area contributed by atoms with E-state index in [2.05, 4.69) is 15.9 Å². The van der Waals surface area contributed by atoms with Crippen molar-refractivity contribution in [2.45, 2.75) is 44.2 Å². The van der Waals surface area contributed by atoms with Crippen LogP contribution in [0.1, 0.15) is 32.8 Å². The van der Waals surface area contributed by atoms with Gasteiger partial charge in [0.2, 0.25) is 10.0 Å². The topological polar surface area (TPSA) is 57.6 Å². The average molecular weight is 350 g/mol. The minimum absolute atomic E-state index is 0.183. The molecular weight excluding hydrogens is 330 g/mol. The first-order valence-electron chi connectivity index (χ1n) is 6.05. The van der Waals surface area contributed by atoms with Crippen LogP contribution >= 0.6 is 15.9 Å². The molecule has 19 heavy (non-hydrogen) atoms. The van der Waals surface area contributed by atoms with Gasteiger partial charge in [-0.25, -0.2) is 8.42 Å². The van der Waals surface area contributed by atoms with E-state index in [1.807, 2.05) is 20.8 Å². The second kappa shape index (κ2) is 5.91. The third-order valence-corrected chi connectivity index (χ3v) is 6.60. The Labute approximate surface area is 123 Å². The predicted molar refractivity (Wildman–Crippen MR) is 79.4 cm³/mol. The standard InChI is InChI=1S/C13H20BrNO3S/c1-5-13(2,3)15(4)19(17,18)12-8-10(9-16)6-7-11(12)14/h6-8,16H,5,9H2,1-4H3. The number of aliphatic hydroxyl groups excluding tert-OH is 1. The van der Waals surface area contributed by atoms with Crippen LogP contribution in [0.15, 0.2) is 27.6 Å². The lowest BCUT2D eigenvalue weighted by Gasteiger charge is -2.34. The van der Waals surface area contributed by atoms with Gasteiger partial charge in [-0.15, -0.1) is 0 Å². The van der Waals surface area contributed by atoms with Gasteiger partial charge < -0.3 is 5.11 Å². The zero-order chi connectivity index (χ0) is 14.8. The molecule has 1 rings (SSSR count). The lowest BCUT2D eigenvalue weighted by atomic mass is 10.0. The Morgan fingerprint density at radius 2 is 1.95 bits per heavy atom. The Kier molecular flexibility index (Phi) is 5.17. The summed E-state index contributed by atoms with van der Waals surface area (Å²) in [4.78, 5) is 0.183. The summed E-state index contributed by atoms with van der Waals surface area (Å²) >= 11 is 3.26. The maximum absolute atomic E-state index is 12.6. The molecule has 0 aliphatic rings. The number of benzene rings is 1. The van der Waals surface area contributed by atoms with Crippen LogP contribution in [-0.4, -0.2) is 30.4 Å². The molecule has 0 spiro atoms. The first-order valence-corrected chi connectivity index (χ1v) is 8.28. The maximum atomic E-state index is 12.6. The summed E-state index contributed by atoms with van der Waals surface area (Å²) < 4.78 is 27.2. The summed E-state index contributed by atoms with van der Waals surface area (Å²) in [5, 5.41) is 9.14. The van der Waals surface area contributed by atoms with E-state index in [9.17, 15) is 8.42 Å². The molecule has 4 nitrogen and oxygen atoms in total. The number of sulfonamides is 1. The van der Waals surface area contributed by atoms with Crippen LogP contribution in [0.5, 0.6) is 0 Å². The number of nitrogens with zero attached hydrogens (tertiary/aromatic N) is 1. The number of aliphatic hydroxyl groups is 1. The van der Waals surface area contributed by atoms with Crippen molar-refractivity contribution in [3.63, 3.8) is 0 Å². The van der Waals surface area contributed by atoms with Gasteiger partial charge in [0, 0.05) is 17.1 Å². The summed E-state index contributed by atoms with van der Waals surface area (Å²) in [6.07, 6.45) is 0.708. The lowest BCUT2D eigenvalue weighted by molar-refractivity contribution is 0.257. The fraction of sp³-hybridized carbons (Fsp3) is 0.538. The fourth-order valence-electron chi connectivity index (χ4n) is 1.54. The van der Waals surface area contributed by atoms with Crippen LogP contribution in [0.3, 0.4) is 0 Å². The normalized spacial score (nSPS) is 13.0. The molecule has 0 saturated carbocycles. The number of hydrogen-bond acceptors (Lipinski definition) is 3. The number of hydrogen-bond donors (Lipinski definition) is 1. The van der Waals surface area contributed by atoms with E-state index in [0.29, 0.717) is 16.5 Å². The van der Waals surface area contributed by atoms with E-state index >= 15 is 0 Å². The van der Waals surface area contributed by atoms with Crippen LogP contribution in [0.2, 0.25) is 0 Å². The third-order valence-electron chi connectivity index (χ3n) is 3.53. The molecule has 6 heteroatoms. The Morgan fingerprint density at radius 1 is 1.37 bits per heavy atom. The average Bonchev–Trinajstić information content (AvgIpc) is 2.38. The van der Waals surface area contributed by atoms with E-state index in [0.717, 1.165) is 0 Å². The first kappa shape index (κ1) is 16.6. The molecule has 0 atom stereocenters. The second-order valence-electron chi connectivity index (χ2n) is 5.06. The van der Waals surface area contributed by atoms with Gasteiger partial charge in [0.25, 0.3) is 0 Å². The van der Waals surface area contributed by atoms with Crippen molar-refractivity contribution in [2.75, 3.05) is 7.05 Å². The second-order valence-corrected chi connectivity index (χ2v) is 7.85. The van der Waals surface area contributed by atoms with E-state index in [4.69, 9.17) is 5.11 Å². The molecule has 0 aliphatic heterocycles. The minimum Gasteiger partial charge on any atom is -0.392 e. The SMILES string of the molecule is CCC(C)(C)N(C)S(=O)(=O)c1cc(CO)ccc1Br. The quantitative estimate of drug-likeness (QED) is 0.888. The van der Waals surface area contributed by atoms with Crippen LogP contribution < -0.4 is 0 Å². The Balaban J connectivity index is 3.35. The Bertz CT molecular complexity index is 555. The van der Waals surface area contributed by atoms with Crippen LogP contribution in [0, 0.1) is 0 Å². The summed E-state index contributed by atoms with van der Waals surface area (Å²) in [7, 11) is -2.02. The van der Waals surface area contributed by atoms with Gasteiger partial charge in [0.05, 0.1) is 11.5 Å². The molecule has 0 heterocycles. The van der Waals surface area contributed by atoms with Crippen molar-refractivity contribution >= 4 is 26.0 Å². The van der Waals surface area contributed by atoms with E-state index in [1.165, 1.54) is 10.4 Å². The third kappa shape index (κ3) is 3.37. The summed E-state index contributed by atoms with van der Waals surface area (Å²) in [5.41, 5.74) is 0.109. The maximum Gasteiger partial charge on any atom is 0.244 e. The molecule has 1 aromatic rings. The van der Waals surface area contributed by atoms with Crippen LogP contribution in [0.25, 0.3) is 0 Å². The van der Waals surface area contributed by atoms with Crippen molar-refractivity contribution < 1.29 is 13.5 Å². The lowest BCUT2D eigenvalue weighted by Crippen LogP contribution is -2.44. The van der Waals surface area contributed by atoms with Crippen LogP contribution in [-0.2, 0) is 16.6 Å². The fourth-order valence-corrected chi connectivity index (χ4v) is 4.09. The summed E-state index contributed by atoms with van der Waals surface area (Å²) in [6, 6.07) is 4.83. The van der Waals surface area contributed by atoms with Gasteiger partial charge in [0.1, 0.15) is 0 Å². The zero-order valence-electron chi connectivity index (χ0n) is 11.6. The first-order chi connectivity index (χ1) is 8.66. The molecule has 1 N–H and O–H groups in total. The highest BCUT2D eigenvalue weighted by atomic mass is 79.9. The largest absolute Gasteiger partial charge is 0.392 e. The van der Waals surface area contributed by atoms with Gasteiger partial charge in [-0.1, -0.05) is 13.0 Å². The van der Waals surface area contributed by atoms with E-state index in [-0.39, 0.29) is 11.5 Å². The molecule has 0 radical (unpaired) electrons. The highest BCUT2D eigenvalue weighted by Crippen LogP contribution is 2.30. The highest BCUT2D eigenvalue weighted by molar-refractivity contribution is 9.10. The number of halogens is 1. The van der Waals surface area contributed by atoms with Crippen molar-refractivity contribution in [3.05, 3.63) is 28.2 Å². The molecule has 0 amide bonds. The van der Waals surface area contributed by atoms with E-state index in [1.54, 1.807) is 19.2 Å². The zero-order valence-corrected chi connectivity index (χ0v) is 14.0. The predicted octanol–water partition coefficient (Wildman–Crippen LogP) is 2.75. The molecular formula is C13H20BrNO3S. The summed E-state index contributed by atoms with van der Waals surface area (Å²) in [5.74, 6) is 0.